The number of hydrogen-bond donors (Lipinski definition) is 3. The van der Waals surface area contributed by atoms with Crippen LogP contribution in [0, 0.1) is 0 Å². The smallest absolute Gasteiger partial charge is 0.408 e. The highest BCUT2D eigenvalue weighted by atomic mass is 16.6. The van der Waals surface area contributed by atoms with E-state index in [2.05, 4.69) is 10.8 Å². The van der Waals surface area contributed by atoms with Crippen LogP contribution in [0.2, 0.25) is 0 Å². The number of nitrogens with one attached hydrogen (secondary N) is 2. The Balaban J connectivity index is 3.09. The van der Waals surface area contributed by atoms with Crippen LogP contribution in [0.4, 0.5) is 9.59 Å². The number of carbonyl (C=O) groups excluding carboxylic acids is 1. The van der Waals surface area contributed by atoms with Gasteiger partial charge in [-0.15, -0.1) is 0 Å². The molecule has 0 saturated carbocycles. The number of carboxylic acid groups (broad SMARTS) is 1. The fraction of sp³-hybridized carbons (Fsp3) is 0.765. The van der Waals surface area contributed by atoms with Gasteiger partial charge >= 0.3 is 12.2 Å². The summed E-state index contributed by atoms with van der Waals surface area (Å²) in [5, 5.41) is 12.5. The molecule has 2 amide bonds. The molecule has 0 spiro atoms. The molecule has 0 aromatic heterocycles. The number of carbonyl (C=O) groups is 2. The minimum Gasteiger partial charge on any atom is -0.465 e. The van der Waals surface area contributed by atoms with E-state index in [4.69, 9.17) is 9.57 Å². The molecule has 8 nitrogen and oxygen atoms in total. The number of ether oxygens (including phenoxy) is 1. The Hall–Kier alpha value is -1.96. The first-order valence-corrected chi connectivity index (χ1v) is 8.36. The third-order valence-corrected chi connectivity index (χ3v) is 3.67. The van der Waals surface area contributed by atoms with Gasteiger partial charge in [-0.2, -0.15) is 0 Å². The second-order valence-electron chi connectivity index (χ2n) is 8.10. The number of hydrogen-bond acceptors (Lipinski definition) is 5. The van der Waals surface area contributed by atoms with Crippen molar-refractivity contribution in [3.05, 3.63) is 11.8 Å². The van der Waals surface area contributed by atoms with Gasteiger partial charge in [0.25, 0.3) is 0 Å². The van der Waals surface area contributed by atoms with Gasteiger partial charge in [0.2, 0.25) is 0 Å². The van der Waals surface area contributed by atoms with E-state index in [1.165, 1.54) is 12.0 Å². The van der Waals surface area contributed by atoms with Crippen LogP contribution in [-0.2, 0) is 9.57 Å². The quantitative estimate of drug-likeness (QED) is 0.669. The van der Waals surface area contributed by atoms with Gasteiger partial charge in [-0.3, -0.25) is 15.2 Å². The maximum absolute atomic E-state index is 12.2. The van der Waals surface area contributed by atoms with Gasteiger partial charge in [-0.1, -0.05) is 0 Å². The lowest BCUT2D eigenvalue weighted by atomic mass is 9.90. The van der Waals surface area contributed by atoms with Crippen molar-refractivity contribution >= 4 is 12.2 Å². The Morgan fingerprint density at radius 2 is 1.84 bits per heavy atom. The molecule has 8 heteroatoms. The summed E-state index contributed by atoms with van der Waals surface area (Å²) in [6.45, 7) is 10.8. The Kier molecular flexibility index (Phi) is 6.70. The molecule has 1 aliphatic carbocycles. The fourth-order valence-corrected chi connectivity index (χ4v) is 2.84. The maximum Gasteiger partial charge on any atom is 0.408 e. The van der Waals surface area contributed by atoms with E-state index in [9.17, 15) is 14.7 Å². The van der Waals surface area contributed by atoms with E-state index in [0.29, 0.717) is 12.8 Å². The molecule has 3 N–H and O–H groups in total. The van der Waals surface area contributed by atoms with Crippen molar-refractivity contribution in [3.63, 3.8) is 0 Å². The molecular formula is C17H31N3O5. The topological polar surface area (TPSA) is 100 Å². The zero-order chi connectivity index (χ0) is 19.4. The normalized spacial score (nSPS) is 21.2. The molecule has 0 bridgehead atoms. The Labute approximate surface area is 149 Å². The monoisotopic (exact) mass is 357 g/mol. The molecule has 0 saturated heterocycles. The molecule has 1 rings (SSSR count). The molecule has 25 heavy (non-hydrogen) atoms. The Morgan fingerprint density at radius 3 is 2.28 bits per heavy atom. The van der Waals surface area contributed by atoms with Gasteiger partial charge in [-0.25, -0.2) is 9.59 Å². The zero-order valence-corrected chi connectivity index (χ0v) is 16.2. The van der Waals surface area contributed by atoms with Gasteiger partial charge in [0, 0.05) is 11.2 Å². The van der Waals surface area contributed by atoms with Crippen molar-refractivity contribution in [2.24, 2.45) is 0 Å². The van der Waals surface area contributed by atoms with Crippen LogP contribution in [0.15, 0.2) is 11.8 Å². The summed E-state index contributed by atoms with van der Waals surface area (Å²) in [5.74, 6) is 0. The summed E-state index contributed by atoms with van der Waals surface area (Å²) in [7, 11) is 1.50. The second-order valence-corrected chi connectivity index (χ2v) is 8.10. The van der Waals surface area contributed by atoms with Crippen LogP contribution in [0.3, 0.4) is 0 Å². The molecule has 0 aromatic carbocycles. The summed E-state index contributed by atoms with van der Waals surface area (Å²) in [4.78, 5) is 30.3. The highest BCUT2D eigenvalue weighted by Gasteiger charge is 2.39. The third-order valence-electron chi connectivity index (χ3n) is 3.67. The van der Waals surface area contributed by atoms with Crippen molar-refractivity contribution in [2.45, 2.75) is 77.6 Å². The first kappa shape index (κ1) is 21.1. The fourth-order valence-electron chi connectivity index (χ4n) is 2.84. The lowest BCUT2D eigenvalue weighted by molar-refractivity contribution is 0.0377. The van der Waals surface area contributed by atoms with Crippen LogP contribution < -0.4 is 10.8 Å². The molecule has 0 aliphatic heterocycles. The first-order valence-electron chi connectivity index (χ1n) is 8.36. The first-order chi connectivity index (χ1) is 11.3. The summed E-state index contributed by atoms with van der Waals surface area (Å²) in [5.41, 5.74) is 2.29. The average molecular weight is 357 g/mol. The third kappa shape index (κ3) is 6.45. The van der Waals surface area contributed by atoms with Crippen LogP contribution in [0.1, 0.15) is 54.4 Å². The predicted molar refractivity (Wildman–Crippen MR) is 94.0 cm³/mol. The van der Waals surface area contributed by atoms with Crippen LogP contribution in [0.5, 0.6) is 0 Å². The van der Waals surface area contributed by atoms with Crippen molar-refractivity contribution in [2.75, 3.05) is 7.11 Å². The summed E-state index contributed by atoms with van der Waals surface area (Å²) in [6.07, 6.45) is 1.37. The summed E-state index contributed by atoms with van der Waals surface area (Å²) >= 11 is 0. The molecular weight excluding hydrogens is 326 g/mol. The van der Waals surface area contributed by atoms with Crippen molar-refractivity contribution in [1.29, 1.82) is 0 Å². The standard InChI is InChI=1S/C17H31N3O5/c1-16(2,3)20(15(22)23)13-10-11(19-24-7)8-9-12(13)18-14(21)25-17(4,5)6/h10,12-13,19H,8-9H2,1-7H3,(H,18,21)(H,22,23)/t12-,13+/m0/s1. The van der Waals surface area contributed by atoms with Crippen LogP contribution in [-0.4, -0.2) is 52.5 Å². The van der Waals surface area contributed by atoms with E-state index in [1.54, 1.807) is 26.8 Å². The molecule has 0 aromatic rings. The minimum absolute atomic E-state index is 0.396. The number of hydroxylamine groups is 1. The molecule has 2 atom stereocenters. The molecule has 144 valence electrons. The Morgan fingerprint density at radius 1 is 1.24 bits per heavy atom. The highest BCUT2D eigenvalue weighted by Crippen LogP contribution is 2.27. The number of alkyl carbamates (subject to hydrolysis) is 1. The predicted octanol–water partition coefficient (Wildman–Crippen LogP) is 2.86. The SMILES string of the molecule is CONC1=C[C@@H](N(C(=O)O)C(C)(C)C)[C@@H](NC(=O)OC(C)(C)C)CC1. The second kappa shape index (κ2) is 7.95. The average Bonchev–Trinajstić information content (AvgIpc) is 2.37. The van der Waals surface area contributed by atoms with Gasteiger partial charge in [0.1, 0.15) is 5.60 Å². The van der Waals surface area contributed by atoms with Crippen LogP contribution >= 0.6 is 0 Å². The lowest BCUT2D eigenvalue weighted by Crippen LogP contribution is -2.60. The molecule has 0 radical (unpaired) electrons. The van der Waals surface area contributed by atoms with Crippen molar-refractivity contribution < 1.29 is 24.3 Å². The molecule has 0 unspecified atom stereocenters. The van der Waals surface area contributed by atoms with E-state index in [-0.39, 0.29) is 0 Å². The molecule has 0 fully saturated rings. The maximum atomic E-state index is 12.2. The minimum atomic E-state index is -1.05. The molecule has 0 heterocycles. The number of allylic oxidation sites excluding steroid dienone is 1. The van der Waals surface area contributed by atoms with E-state index in [0.717, 1.165) is 5.70 Å². The number of nitrogens with zero attached hydrogens (tertiary/aromatic N) is 1. The van der Waals surface area contributed by atoms with Crippen molar-refractivity contribution in [1.82, 2.24) is 15.7 Å². The molecule has 1 aliphatic rings. The van der Waals surface area contributed by atoms with Crippen LogP contribution in [0.25, 0.3) is 0 Å². The van der Waals surface area contributed by atoms with Gasteiger partial charge in [0.15, 0.2) is 0 Å². The van der Waals surface area contributed by atoms with Crippen molar-refractivity contribution in [3.8, 4) is 0 Å². The number of amides is 2. The Bertz CT molecular complexity index is 519. The van der Waals surface area contributed by atoms with Gasteiger partial charge in [0.05, 0.1) is 19.2 Å². The largest absolute Gasteiger partial charge is 0.465 e. The zero-order valence-electron chi connectivity index (χ0n) is 16.2. The summed E-state index contributed by atoms with van der Waals surface area (Å²) in [6, 6.07) is -0.941. The van der Waals surface area contributed by atoms with Gasteiger partial charge < -0.3 is 15.2 Å². The van der Waals surface area contributed by atoms with E-state index in [1.807, 2.05) is 20.8 Å². The van der Waals surface area contributed by atoms with E-state index >= 15 is 0 Å². The van der Waals surface area contributed by atoms with Gasteiger partial charge in [-0.05, 0) is 60.5 Å². The lowest BCUT2D eigenvalue weighted by Gasteiger charge is -2.43. The summed E-state index contributed by atoms with van der Waals surface area (Å²) < 4.78 is 5.31. The number of rotatable bonds is 4. The van der Waals surface area contributed by atoms with E-state index < -0.39 is 35.4 Å². The highest BCUT2D eigenvalue weighted by molar-refractivity contribution is 5.70.